The summed E-state index contributed by atoms with van der Waals surface area (Å²) in [6.07, 6.45) is 0. The minimum Gasteiger partial charge on any atom is -0.207 e. The third-order valence-corrected chi connectivity index (χ3v) is 2.92. The molecular weight excluding hydrogens is 217 g/mol. The lowest BCUT2D eigenvalue weighted by molar-refractivity contribution is 0.531. The maximum Gasteiger partial charge on any atom is 0.309 e. The minimum atomic E-state index is -4.90. The summed E-state index contributed by atoms with van der Waals surface area (Å²) in [6.45, 7) is 0.952. The topological polar surface area (TPSA) is 34.1 Å². The minimum absolute atomic E-state index is 0.507. The van der Waals surface area contributed by atoms with Crippen molar-refractivity contribution >= 4 is 10.2 Å². The second-order valence-electron chi connectivity index (χ2n) is 2.78. The Morgan fingerprint density at radius 3 is 2.36 bits per heavy atom. The van der Waals surface area contributed by atoms with Crippen LogP contribution in [-0.2, 0) is 10.2 Å². The summed E-state index contributed by atoms with van der Waals surface area (Å²) >= 11 is 0. The molecule has 0 heterocycles. The van der Waals surface area contributed by atoms with Gasteiger partial charge in [-0.25, -0.2) is 8.78 Å². The molecule has 0 aromatic heterocycles. The summed E-state index contributed by atoms with van der Waals surface area (Å²) in [5.74, 6) is -1.75. The summed E-state index contributed by atoms with van der Waals surface area (Å²) < 4.78 is 58.9. The van der Waals surface area contributed by atoms with Gasteiger partial charge in [-0.1, -0.05) is 0 Å². The molecule has 0 amide bonds. The van der Waals surface area contributed by atoms with Gasteiger partial charge in [-0.2, -0.15) is 8.42 Å². The Bertz CT molecular complexity index is 442. The number of benzene rings is 1. The predicted octanol–water partition coefficient (Wildman–Crippen LogP) is 2.33. The maximum atomic E-state index is 13.0. The van der Waals surface area contributed by atoms with Crippen molar-refractivity contribution in [3.63, 3.8) is 0 Å². The van der Waals surface area contributed by atoms with E-state index in [2.05, 4.69) is 0 Å². The molecule has 0 N–H and O–H groups in total. The lowest BCUT2D eigenvalue weighted by Crippen LogP contribution is -2.06. The zero-order valence-corrected chi connectivity index (χ0v) is 7.98. The molecule has 1 atom stereocenters. The molecule has 1 rings (SSSR count). The number of hydrogen-bond donors (Lipinski definition) is 0. The first-order chi connectivity index (χ1) is 6.32. The molecule has 0 saturated carbocycles. The van der Waals surface area contributed by atoms with E-state index in [-0.39, 0.29) is 0 Å². The fourth-order valence-electron chi connectivity index (χ4n) is 0.978. The lowest BCUT2D eigenvalue weighted by Gasteiger charge is -2.07. The van der Waals surface area contributed by atoms with Crippen LogP contribution in [0.5, 0.6) is 0 Å². The molecule has 6 heteroatoms. The van der Waals surface area contributed by atoms with Crippen LogP contribution in [0.1, 0.15) is 17.7 Å². The first-order valence-corrected chi connectivity index (χ1v) is 5.15. The van der Waals surface area contributed by atoms with E-state index in [0.29, 0.717) is 6.07 Å². The Balaban J connectivity index is 3.26. The Morgan fingerprint density at radius 2 is 1.86 bits per heavy atom. The largest absolute Gasteiger partial charge is 0.309 e. The van der Waals surface area contributed by atoms with Crippen LogP contribution in [0.2, 0.25) is 0 Å². The molecule has 1 aromatic carbocycles. The monoisotopic (exact) mass is 224 g/mol. The van der Waals surface area contributed by atoms with Crippen molar-refractivity contribution in [3.8, 4) is 0 Å². The van der Waals surface area contributed by atoms with E-state index < -0.39 is 32.7 Å². The van der Waals surface area contributed by atoms with Crippen LogP contribution < -0.4 is 0 Å². The van der Waals surface area contributed by atoms with E-state index in [9.17, 15) is 21.1 Å². The van der Waals surface area contributed by atoms with Crippen molar-refractivity contribution in [1.29, 1.82) is 0 Å². The molecule has 78 valence electrons. The molecule has 0 fully saturated rings. The molecule has 0 radical (unpaired) electrons. The highest BCUT2D eigenvalue weighted by atomic mass is 32.3. The molecule has 1 unspecified atom stereocenters. The van der Waals surface area contributed by atoms with Gasteiger partial charge in [0.05, 0.1) is 0 Å². The van der Waals surface area contributed by atoms with Crippen molar-refractivity contribution in [1.82, 2.24) is 0 Å². The highest BCUT2D eigenvalue weighted by Crippen LogP contribution is 2.26. The summed E-state index contributed by atoms with van der Waals surface area (Å²) in [5, 5.41) is -1.70. The van der Waals surface area contributed by atoms with Crippen molar-refractivity contribution in [2.24, 2.45) is 0 Å². The molecule has 0 aliphatic carbocycles. The summed E-state index contributed by atoms with van der Waals surface area (Å²) in [4.78, 5) is 0. The maximum absolute atomic E-state index is 13.0. The van der Waals surface area contributed by atoms with Gasteiger partial charge in [0.2, 0.25) is 0 Å². The van der Waals surface area contributed by atoms with Gasteiger partial charge in [-0.3, -0.25) is 0 Å². The second kappa shape index (κ2) is 3.61. The van der Waals surface area contributed by atoms with Crippen LogP contribution in [0.4, 0.5) is 12.7 Å². The van der Waals surface area contributed by atoms with Gasteiger partial charge in [0.25, 0.3) is 0 Å². The van der Waals surface area contributed by atoms with E-state index >= 15 is 0 Å². The average Bonchev–Trinajstić information content (AvgIpc) is 2.06. The summed E-state index contributed by atoms with van der Waals surface area (Å²) in [5.41, 5.74) is -0.507. The normalized spacial score (nSPS) is 14.0. The molecule has 0 saturated heterocycles. The Kier molecular flexibility index (Phi) is 2.84. The Morgan fingerprint density at radius 1 is 1.29 bits per heavy atom. The quantitative estimate of drug-likeness (QED) is 0.722. The standard InChI is InChI=1S/C8H7F3O2S/c1-5(14(11,12)13)7-4-6(9)2-3-8(7)10/h2-5H,1H3. The number of rotatable bonds is 2. The van der Waals surface area contributed by atoms with Gasteiger partial charge in [-0.05, 0) is 25.1 Å². The van der Waals surface area contributed by atoms with Crippen LogP contribution in [0.25, 0.3) is 0 Å². The Labute approximate surface area is 79.6 Å². The van der Waals surface area contributed by atoms with E-state index in [1.807, 2.05) is 0 Å². The smallest absolute Gasteiger partial charge is 0.207 e. The van der Waals surface area contributed by atoms with Crippen LogP contribution in [0.3, 0.4) is 0 Å². The summed E-state index contributed by atoms with van der Waals surface area (Å²) in [6, 6.07) is 2.25. The number of hydrogen-bond acceptors (Lipinski definition) is 2. The average molecular weight is 224 g/mol. The second-order valence-corrected chi connectivity index (χ2v) is 4.44. The Hall–Kier alpha value is -1.04. The van der Waals surface area contributed by atoms with Gasteiger partial charge >= 0.3 is 10.2 Å². The van der Waals surface area contributed by atoms with Crippen LogP contribution in [0, 0.1) is 11.6 Å². The zero-order valence-electron chi connectivity index (χ0n) is 7.17. The number of halogens is 3. The third kappa shape index (κ3) is 2.25. The molecule has 0 aliphatic heterocycles. The molecular formula is C8H7F3O2S. The summed E-state index contributed by atoms with van der Waals surface area (Å²) in [7, 11) is -4.90. The highest BCUT2D eigenvalue weighted by molar-refractivity contribution is 7.86. The van der Waals surface area contributed by atoms with Crippen molar-refractivity contribution in [3.05, 3.63) is 35.4 Å². The highest BCUT2D eigenvalue weighted by Gasteiger charge is 2.24. The van der Waals surface area contributed by atoms with Crippen LogP contribution in [0.15, 0.2) is 18.2 Å². The van der Waals surface area contributed by atoms with Crippen molar-refractivity contribution < 1.29 is 21.1 Å². The van der Waals surface area contributed by atoms with Gasteiger partial charge in [0, 0.05) is 5.56 Å². The van der Waals surface area contributed by atoms with Gasteiger partial charge < -0.3 is 0 Å². The molecule has 0 aliphatic rings. The lowest BCUT2D eigenvalue weighted by atomic mass is 10.1. The van der Waals surface area contributed by atoms with Crippen molar-refractivity contribution in [2.75, 3.05) is 0 Å². The fraction of sp³-hybridized carbons (Fsp3) is 0.250. The van der Waals surface area contributed by atoms with E-state index in [4.69, 9.17) is 0 Å². The van der Waals surface area contributed by atoms with Gasteiger partial charge in [-0.15, -0.1) is 3.89 Å². The SMILES string of the molecule is CC(c1cc(F)ccc1F)S(=O)(=O)F. The van der Waals surface area contributed by atoms with Gasteiger partial charge in [0.15, 0.2) is 0 Å². The van der Waals surface area contributed by atoms with Crippen molar-refractivity contribution in [2.45, 2.75) is 12.2 Å². The van der Waals surface area contributed by atoms with E-state index in [1.165, 1.54) is 0 Å². The molecule has 1 aromatic rings. The zero-order chi connectivity index (χ0) is 10.9. The molecule has 0 spiro atoms. The predicted molar refractivity (Wildman–Crippen MR) is 44.8 cm³/mol. The van der Waals surface area contributed by atoms with Crippen LogP contribution in [-0.4, -0.2) is 8.42 Å². The van der Waals surface area contributed by atoms with Crippen LogP contribution >= 0.6 is 0 Å². The molecule has 0 bridgehead atoms. The first-order valence-electron chi connectivity index (χ1n) is 3.71. The third-order valence-electron chi connectivity index (χ3n) is 1.82. The fourth-order valence-corrected chi connectivity index (χ4v) is 1.46. The van der Waals surface area contributed by atoms with E-state index in [1.54, 1.807) is 0 Å². The van der Waals surface area contributed by atoms with Gasteiger partial charge in [0.1, 0.15) is 16.9 Å². The van der Waals surface area contributed by atoms with E-state index in [0.717, 1.165) is 19.1 Å². The molecule has 2 nitrogen and oxygen atoms in total. The first kappa shape index (κ1) is 11.0. The molecule has 14 heavy (non-hydrogen) atoms.